The van der Waals surface area contributed by atoms with Gasteiger partial charge in [0.15, 0.2) is 10.0 Å². The molecule has 4 rings (SSSR count). The van der Waals surface area contributed by atoms with Gasteiger partial charge in [-0.05, 0) is 6.07 Å². The molecule has 4 N–H and O–H groups in total. The molecule has 12 heteroatoms. The number of rotatable bonds is 4. The Morgan fingerprint density at radius 1 is 1.23 bits per heavy atom. The summed E-state index contributed by atoms with van der Waals surface area (Å²) in [5.74, 6) is -0.429. The number of nitrogens with two attached hydrogens (primary N) is 1. The molecule has 0 aliphatic rings. The number of hydrogen-bond donors (Lipinski definition) is 3. The molecule has 132 valence electrons. The lowest BCUT2D eigenvalue weighted by Crippen LogP contribution is -2.00. The normalized spacial score (nSPS) is 11.9. The van der Waals surface area contributed by atoms with Crippen LogP contribution in [0.25, 0.3) is 21.6 Å². The van der Waals surface area contributed by atoms with Crippen LogP contribution in [0.5, 0.6) is 0 Å². The van der Waals surface area contributed by atoms with E-state index >= 15 is 0 Å². The Morgan fingerprint density at radius 3 is 2.69 bits per heavy atom. The van der Waals surface area contributed by atoms with E-state index in [1.54, 1.807) is 29.6 Å². The summed E-state index contributed by atoms with van der Waals surface area (Å²) in [5, 5.41) is 10.7. The molecule has 0 aliphatic heterocycles. The molecule has 0 fully saturated rings. The van der Waals surface area contributed by atoms with E-state index in [-0.39, 0.29) is 16.1 Å². The van der Waals surface area contributed by atoms with Crippen LogP contribution in [-0.2, 0) is 4.57 Å². The van der Waals surface area contributed by atoms with Gasteiger partial charge in [-0.3, -0.25) is 9.13 Å². The van der Waals surface area contributed by atoms with Crippen molar-refractivity contribution >= 4 is 52.2 Å². The average Bonchev–Trinajstić information content (AvgIpc) is 3.31. The van der Waals surface area contributed by atoms with Gasteiger partial charge in [-0.15, -0.1) is 21.5 Å². The quantitative estimate of drug-likeness (QED) is 0.345. The standard InChI is InChI=1S/C14H10N5O4PS2/c15-14-18-17-12(26-14)9-6-25-13(16-9)11(20)8-5-19(24(21,22)23)10-4-2-1-3-7(8)10/h1-6H,(H2,15,18)(H2,21,22,23). The van der Waals surface area contributed by atoms with Gasteiger partial charge < -0.3 is 15.5 Å². The minimum Gasteiger partial charge on any atom is -0.374 e. The molecule has 0 amide bonds. The van der Waals surface area contributed by atoms with Crippen LogP contribution in [0.2, 0.25) is 0 Å². The Labute approximate surface area is 154 Å². The Morgan fingerprint density at radius 2 is 2.00 bits per heavy atom. The number of nitrogen functional groups attached to an aromatic ring is 1. The van der Waals surface area contributed by atoms with Crippen LogP contribution in [0.3, 0.4) is 0 Å². The summed E-state index contributed by atoms with van der Waals surface area (Å²) >= 11 is 2.27. The summed E-state index contributed by atoms with van der Waals surface area (Å²) in [4.78, 5) is 36.2. The molecular formula is C14H10N5O4PS2. The number of nitrogens with zero attached hydrogens (tertiary/aromatic N) is 4. The highest BCUT2D eigenvalue weighted by atomic mass is 32.1. The largest absolute Gasteiger partial charge is 0.434 e. The molecule has 9 nitrogen and oxygen atoms in total. The second kappa shape index (κ2) is 6.08. The van der Waals surface area contributed by atoms with Crippen molar-refractivity contribution in [1.29, 1.82) is 0 Å². The lowest BCUT2D eigenvalue weighted by atomic mass is 10.1. The van der Waals surface area contributed by atoms with Crippen LogP contribution in [0.1, 0.15) is 15.4 Å². The van der Waals surface area contributed by atoms with Gasteiger partial charge >= 0.3 is 7.75 Å². The van der Waals surface area contributed by atoms with Gasteiger partial charge in [-0.25, -0.2) is 9.55 Å². The number of anilines is 1. The zero-order valence-electron chi connectivity index (χ0n) is 12.8. The molecular weight excluding hydrogens is 397 g/mol. The fourth-order valence-corrected chi connectivity index (χ4v) is 4.61. The molecule has 0 atom stereocenters. The zero-order valence-corrected chi connectivity index (χ0v) is 15.3. The summed E-state index contributed by atoms with van der Waals surface area (Å²) in [5.41, 5.74) is 6.48. The number of hydrogen-bond acceptors (Lipinski definition) is 8. The zero-order chi connectivity index (χ0) is 18.5. The highest BCUT2D eigenvalue weighted by Gasteiger charge is 2.26. The van der Waals surface area contributed by atoms with Crippen molar-refractivity contribution in [3.05, 3.63) is 46.4 Å². The predicted molar refractivity (Wildman–Crippen MR) is 98.2 cm³/mol. The predicted octanol–water partition coefficient (Wildman–Crippen LogP) is 2.37. The second-order valence-corrected chi connectivity index (χ2v) is 8.55. The third-order valence-corrected chi connectivity index (χ3v) is 6.08. The van der Waals surface area contributed by atoms with Gasteiger partial charge in [0.1, 0.15) is 5.69 Å². The first-order chi connectivity index (χ1) is 12.3. The SMILES string of the molecule is Nc1nnc(-c2csc(C(=O)c3cn(P(=O)(O)O)c4ccccc34)n2)s1. The van der Waals surface area contributed by atoms with Gasteiger partial charge in [0.25, 0.3) is 0 Å². The van der Waals surface area contributed by atoms with Crippen molar-refractivity contribution in [2.24, 2.45) is 0 Å². The van der Waals surface area contributed by atoms with Crippen molar-refractivity contribution in [1.82, 2.24) is 19.5 Å². The number of aromatic nitrogens is 4. The van der Waals surface area contributed by atoms with Gasteiger partial charge in [-0.2, -0.15) is 0 Å². The average molecular weight is 407 g/mol. The van der Waals surface area contributed by atoms with Crippen molar-refractivity contribution in [3.63, 3.8) is 0 Å². The van der Waals surface area contributed by atoms with Crippen molar-refractivity contribution in [2.45, 2.75) is 0 Å². The van der Waals surface area contributed by atoms with Crippen molar-refractivity contribution in [2.75, 3.05) is 5.73 Å². The fourth-order valence-electron chi connectivity index (χ4n) is 2.49. The van der Waals surface area contributed by atoms with Crippen LogP contribution >= 0.6 is 30.4 Å². The molecule has 0 radical (unpaired) electrons. The molecule has 4 aromatic rings. The third kappa shape index (κ3) is 2.85. The second-order valence-electron chi connectivity index (χ2n) is 5.23. The number of carbonyl (C=O) groups is 1. The summed E-state index contributed by atoms with van der Waals surface area (Å²) in [6.07, 6.45) is 1.16. The summed E-state index contributed by atoms with van der Waals surface area (Å²) in [6.45, 7) is 0. The number of carbonyl (C=O) groups excluding carboxylic acids is 1. The van der Waals surface area contributed by atoms with E-state index in [2.05, 4.69) is 15.2 Å². The molecule has 0 spiro atoms. The van der Waals surface area contributed by atoms with E-state index in [1.807, 2.05) is 0 Å². The van der Waals surface area contributed by atoms with E-state index in [9.17, 15) is 19.1 Å². The maximum Gasteiger partial charge on any atom is 0.434 e. The van der Waals surface area contributed by atoms with Crippen LogP contribution in [-0.4, -0.2) is 35.1 Å². The molecule has 1 aromatic carbocycles. The topological polar surface area (TPSA) is 144 Å². The van der Waals surface area contributed by atoms with E-state index in [1.165, 1.54) is 0 Å². The molecule has 0 unspecified atom stereocenters. The molecule has 0 saturated carbocycles. The Bertz CT molecular complexity index is 1190. The number of benzene rings is 1. The summed E-state index contributed by atoms with van der Waals surface area (Å²) in [7, 11) is -4.60. The first kappa shape index (κ1) is 17.0. The van der Waals surface area contributed by atoms with E-state index in [0.29, 0.717) is 21.2 Å². The minimum atomic E-state index is -4.60. The highest BCUT2D eigenvalue weighted by Crippen LogP contribution is 2.42. The Hall–Kier alpha value is -2.43. The van der Waals surface area contributed by atoms with E-state index in [4.69, 9.17) is 5.73 Å². The Kier molecular flexibility index (Phi) is 3.98. The molecule has 0 bridgehead atoms. The molecule has 3 heterocycles. The summed E-state index contributed by atoms with van der Waals surface area (Å²) < 4.78 is 12.5. The number of fused-ring (bicyclic) bond motifs is 1. The van der Waals surface area contributed by atoms with Gasteiger partial charge in [0.2, 0.25) is 10.9 Å². The lowest BCUT2D eigenvalue weighted by molar-refractivity contribution is 0.104. The van der Waals surface area contributed by atoms with Crippen LogP contribution in [0.4, 0.5) is 5.13 Å². The van der Waals surface area contributed by atoms with Crippen LogP contribution in [0.15, 0.2) is 35.8 Å². The minimum absolute atomic E-state index is 0.168. The lowest BCUT2D eigenvalue weighted by Gasteiger charge is -2.05. The monoisotopic (exact) mass is 407 g/mol. The number of ketones is 1. The van der Waals surface area contributed by atoms with Crippen LogP contribution < -0.4 is 5.73 Å². The van der Waals surface area contributed by atoms with Gasteiger partial charge in [0, 0.05) is 17.0 Å². The molecule has 0 aliphatic carbocycles. The van der Waals surface area contributed by atoms with E-state index in [0.717, 1.165) is 33.2 Å². The highest BCUT2D eigenvalue weighted by molar-refractivity contribution is 7.50. The maximum atomic E-state index is 12.9. The molecule has 3 aromatic heterocycles. The number of para-hydroxylation sites is 1. The third-order valence-electron chi connectivity index (χ3n) is 3.58. The maximum absolute atomic E-state index is 12.9. The fraction of sp³-hybridized carbons (Fsp3) is 0. The van der Waals surface area contributed by atoms with Crippen LogP contribution in [0, 0.1) is 0 Å². The Balaban J connectivity index is 1.80. The van der Waals surface area contributed by atoms with Crippen molar-refractivity contribution < 1.29 is 19.1 Å². The number of thiazole rings is 1. The summed E-state index contributed by atoms with van der Waals surface area (Å²) in [6, 6.07) is 6.52. The first-order valence-electron chi connectivity index (χ1n) is 7.10. The first-order valence-corrected chi connectivity index (χ1v) is 10.4. The van der Waals surface area contributed by atoms with Gasteiger partial charge in [-0.1, -0.05) is 29.5 Å². The smallest absolute Gasteiger partial charge is 0.374 e. The van der Waals surface area contributed by atoms with E-state index < -0.39 is 13.5 Å². The molecule has 0 saturated heterocycles. The van der Waals surface area contributed by atoms with Crippen molar-refractivity contribution in [3.8, 4) is 10.7 Å². The molecule has 26 heavy (non-hydrogen) atoms. The van der Waals surface area contributed by atoms with Gasteiger partial charge in [0.05, 0.1) is 11.1 Å².